The highest BCUT2D eigenvalue weighted by Gasteiger charge is 1.96. The number of rotatable bonds is 7. The third-order valence-electron chi connectivity index (χ3n) is 1.92. The molecule has 0 aliphatic rings. The summed E-state index contributed by atoms with van der Waals surface area (Å²) in [5, 5.41) is 3.35. The van der Waals surface area contributed by atoms with Crippen LogP contribution in [0.3, 0.4) is 0 Å². The molecule has 84 valence electrons. The largest absolute Gasteiger partial charge is 0.481 e. The van der Waals surface area contributed by atoms with Crippen LogP contribution in [0.1, 0.15) is 12.6 Å². The Morgan fingerprint density at radius 2 is 2.33 bits per heavy atom. The molecule has 0 amide bonds. The Hall–Kier alpha value is -0.740. The molecule has 1 aromatic heterocycles. The van der Waals surface area contributed by atoms with E-state index < -0.39 is 0 Å². The summed E-state index contributed by atoms with van der Waals surface area (Å²) in [5.41, 5.74) is 1.02. The van der Waals surface area contributed by atoms with Gasteiger partial charge in [-0.15, -0.1) is 0 Å². The molecule has 0 bridgehead atoms. The van der Waals surface area contributed by atoms with Crippen molar-refractivity contribution in [2.24, 2.45) is 0 Å². The highest BCUT2D eigenvalue weighted by atomic mass is 32.2. The van der Waals surface area contributed by atoms with Crippen LogP contribution in [-0.4, -0.2) is 30.1 Å². The molecule has 0 saturated carbocycles. The quantitative estimate of drug-likeness (QED) is 0.720. The van der Waals surface area contributed by atoms with Gasteiger partial charge in [-0.1, -0.05) is 13.0 Å². The van der Waals surface area contributed by atoms with Gasteiger partial charge in [-0.25, -0.2) is 4.98 Å². The monoisotopic (exact) mass is 226 g/mol. The molecule has 1 heterocycles. The van der Waals surface area contributed by atoms with E-state index in [1.165, 1.54) is 5.75 Å². The second kappa shape index (κ2) is 7.54. The summed E-state index contributed by atoms with van der Waals surface area (Å²) in [6.45, 7) is 4.01. The van der Waals surface area contributed by atoms with Gasteiger partial charge in [-0.05, 0) is 11.8 Å². The molecule has 0 radical (unpaired) electrons. The van der Waals surface area contributed by atoms with Gasteiger partial charge in [0.05, 0.1) is 12.8 Å². The van der Waals surface area contributed by atoms with Crippen LogP contribution >= 0.6 is 11.8 Å². The molecule has 0 unspecified atom stereocenters. The van der Waals surface area contributed by atoms with E-state index >= 15 is 0 Å². The van der Waals surface area contributed by atoms with Crippen LogP contribution in [0.2, 0.25) is 0 Å². The molecule has 0 saturated heterocycles. The van der Waals surface area contributed by atoms with Crippen LogP contribution in [0.5, 0.6) is 5.88 Å². The van der Waals surface area contributed by atoms with Gasteiger partial charge in [-0.2, -0.15) is 11.8 Å². The molecule has 0 atom stereocenters. The first-order chi connectivity index (χ1) is 7.36. The standard InChI is InChI=1S/C11H18N2OS/c1-3-15-8-7-12-9-10-5-4-6-11(13-10)14-2/h4-6,12H,3,7-9H2,1-2H3. The van der Waals surface area contributed by atoms with E-state index in [1.807, 2.05) is 30.0 Å². The average Bonchev–Trinajstić information content (AvgIpc) is 2.29. The highest BCUT2D eigenvalue weighted by Crippen LogP contribution is 2.06. The van der Waals surface area contributed by atoms with Gasteiger partial charge < -0.3 is 10.1 Å². The number of hydrogen-bond donors (Lipinski definition) is 1. The smallest absolute Gasteiger partial charge is 0.213 e. The van der Waals surface area contributed by atoms with Crippen LogP contribution in [0.15, 0.2) is 18.2 Å². The van der Waals surface area contributed by atoms with Crippen LogP contribution in [-0.2, 0) is 6.54 Å². The van der Waals surface area contributed by atoms with E-state index in [-0.39, 0.29) is 0 Å². The van der Waals surface area contributed by atoms with E-state index in [0.29, 0.717) is 5.88 Å². The minimum atomic E-state index is 0.678. The molecule has 1 rings (SSSR count). The molecule has 1 aromatic rings. The van der Waals surface area contributed by atoms with Crippen molar-refractivity contribution in [3.05, 3.63) is 23.9 Å². The van der Waals surface area contributed by atoms with Crippen molar-refractivity contribution >= 4 is 11.8 Å². The maximum atomic E-state index is 5.06. The number of hydrogen-bond acceptors (Lipinski definition) is 4. The van der Waals surface area contributed by atoms with Gasteiger partial charge in [0, 0.05) is 24.9 Å². The van der Waals surface area contributed by atoms with E-state index in [4.69, 9.17) is 4.74 Å². The number of pyridine rings is 1. The molecular weight excluding hydrogens is 208 g/mol. The first-order valence-electron chi connectivity index (χ1n) is 5.15. The Bertz CT molecular complexity index is 281. The summed E-state index contributed by atoms with van der Waals surface area (Å²) >= 11 is 1.94. The lowest BCUT2D eigenvalue weighted by Gasteiger charge is -2.05. The van der Waals surface area contributed by atoms with Crippen molar-refractivity contribution in [1.82, 2.24) is 10.3 Å². The van der Waals surface area contributed by atoms with E-state index in [0.717, 1.165) is 24.5 Å². The summed E-state index contributed by atoms with van der Waals surface area (Å²) in [7, 11) is 1.64. The number of thioether (sulfide) groups is 1. The summed E-state index contributed by atoms with van der Waals surface area (Å²) in [6, 6.07) is 5.82. The lowest BCUT2D eigenvalue weighted by atomic mass is 10.3. The zero-order valence-electron chi connectivity index (χ0n) is 9.32. The third-order valence-corrected chi connectivity index (χ3v) is 2.82. The Balaban J connectivity index is 2.24. The van der Waals surface area contributed by atoms with Crippen molar-refractivity contribution in [2.45, 2.75) is 13.5 Å². The summed E-state index contributed by atoms with van der Waals surface area (Å²) < 4.78 is 5.06. The highest BCUT2D eigenvalue weighted by molar-refractivity contribution is 7.99. The normalized spacial score (nSPS) is 10.3. The maximum absolute atomic E-state index is 5.06. The van der Waals surface area contributed by atoms with Crippen molar-refractivity contribution in [1.29, 1.82) is 0 Å². The number of ether oxygens (including phenoxy) is 1. The second-order valence-electron chi connectivity index (χ2n) is 3.04. The molecule has 3 nitrogen and oxygen atoms in total. The zero-order chi connectivity index (χ0) is 10.9. The minimum Gasteiger partial charge on any atom is -0.481 e. The fourth-order valence-corrected chi connectivity index (χ4v) is 1.75. The molecule has 4 heteroatoms. The Labute approximate surface area is 95.6 Å². The van der Waals surface area contributed by atoms with E-state index in [9.17, 15) is 0 Å². The first kappa shape index (κ1) is 12.3. The van der Waals surface area contributed by atoms with Crippen molar-refractivity contribution in [3.63, 3.8) is 0 Å². The molecule has 15 heavy (non-hydrogen) atoms. The first-order valence-corrected chi connectivity index (χ1v) is 6.30. The van der Waals surface area contributed by atoms with Gasteiger partial charge in [0.2, 0.25) is 5.88 Å². The Kier molecular flexibility index (Phi) is 6.20. The number of nitrogens with one attached hydrogen (secondary N) is 1. The van der Waals surface area contributed by atoms with E-state index in [1.54, 1.807) is 7.11 Å². The Morgan fingerprint density at radius 3 is 3.07 bits per heavy atom. The predicted octanol–water partition coefficient (Wildman–Crippen LogP) is 1.93. The maximum Gasteiger partial charge on any atom is 0.213 e. The van der Waals surface area contributed by atoms with Crippen molar-refractivity contribution in [3.8, 4) is 5.88 Å². The summed E-state index contributed by atoms with van der Waals surface area (Å²) in [6.07, 6.45) is 0. The lowest BCUT2D eigenvalue weighted by molar-refractivity contribution is 0.396. The van der Waals surface area contributed by atoms with Gasteiger partial charge in [0.25, 0.3) is 0 Å². The fraction of sp³-hybridized carbons (Fsp3) is 0.545. The molecule has 0 fully saturated rings. The SMILES string of the molecule is CCSCCNCc1cccc(OC)n1. The molecular formula is C11H18N2OS. The molecule has 0 aliphatic carbocycles. The van der Waals surface area contributed by atoms with Crippen LogP contribution in [0.25, 0.3) is 0 Å². The predicted molar refractivity (Wildman–Crippen MR) is 65.5 cm³/mol. The third kappa shape index (κ3) is 5.04. The van der Waals surface area contributed by atoms with E-state index in [2.05, 4.69) is 17.2 Å². The van der Waals surface area contributed by atoms with Crippen LogP contribution in [0, 0.1) is 0 Å². The van der Waals surface area contributed by atoms with Crippen molar-refractivity contribution < 1.29 is 4.74 Å². The van der Waals surface area contributed by atoms with Crippen LogP contribution < -0.4 is 10.1 Å². The Morgan fingerprint density at radius 1 is 1.47 bits per heavy atom. The van der Waals surface area contributed by atoms with Crippen LogP contribution in [0.4, 0.5) is 0 Å². The topological polar surface area (TPSA) is 34.1 Å². The van der Waals surface area contributed by atoms with Gasteiger partial charge >= 0.3 is 0 Å². The summed E-state index contributed by atoms with van der Waals surface area (Å²) in [5.74, 6) is 3.01. The van der Waals surface area contributed by atoms with Gasteiger partial charge in [0.15, 0.2) is 0 Å². The molecule has 1 N–H and O–H groups in total. The van der Waals surface area contributed by atoms with Crippen molar-refractivity contribution in [2.75, 3.05) is 25.2 Å². The summed E-state index contributed by atoms with van der Waals surface area (Å²) in [4.78, 5) is 4.32. The molecule has 0 spiro atoms. The molecule has 0 aliphatic heterocycles. The lowest BCUT2D eigenvalue weighted by Crippen LogP contribution is -2.17. The number of nitrogens with zero attached hydrogens (tertiary/aromatic N) is 1. The fourth-order valence-electron chi connectivity index (χ4n) is 1.17. The van der Waals surface area contributed by atoms with Gasteiger partial charge in [0.1, 0.15) is 0 Å². The average molecular weight is 226 g/mol. The van der Waals surface area contributed by atoms with Gasteiger partial charge in [-0.3, -0.25) is 0 Å². The second-order valence-corrected chi connectivity index (χ2v) is 4.44. The molecule has 0 aromatic carbocycles. The minimum absolute atomic E-state index is 0.678. The number of methoxy groups -OCH3 is 1. The zero-order valence-corrected chi connectivity index (χ0v) is 10.1. The number of aromatic nitrogens is 1.